The minimum absolute atomic E-state index is 0. The van der Waals surface area contributed by atoms with Gasteiger partial charge in [-0.15, -0.1) is 24.0 Å². The van der Waals surface area contributed by atoms with Crippen molar-refractivity contribution in [1.82, 2.24) is 20.4 Å². The number of amides is 1. The van der Waals surface area contributed by atoms with Crippen LogP contribution in [0.3, 0.4) is 0 Å². The van der Waals surface area contributed by atoms with Gasteiger partial charge in [0.1, 0.15) is 0 Å². The molecule has 0 aliphatic carbocycles. The highest BCUT2D eigenvalue weighted by atomic mass is 127. The molecule has 0 spiro atoms. The number of aryl methyl sites for hydroxylation is 1. The molecule has 8 heteroatoms. The summed E-state index contributed by atoms with van der Waals surface area (Å²) in [5.41, 5.74) is 2.72. The van der Waals surface area contributed by atoms with Crippen LogP contribution in [-0.4, -0.2) is 74.3 Å². The lowest BCUT2D eigenvalue weighted by Crippen LogP contribution is -2.50. The zero-order chi connectivity index (χ0) is 22.1. The van der Waals surface area contributed by atoms with Gasteiger partial charge in [0, 0.05) is 38.8 Å². The zero-order valence-electron chi connectivity index (χ0n) is 19.8. The molecule has 0 saturated carbocycles. The van der Waals surface area contributed by atoms with Crippen LogP contribution in [0, 0.1) is 12.8 Å². The summed E-state index contributed by atoms with van der Waals surface area (Å²) in [7, 11) is 1.44. The molecule has 2 N–H and O–H groups in total. The minimum Gasteiger partial charge on any atom is -0.453 e. The highest BCUT2D eigenvalue weighted by molar-refractivity contribution is 14.0. The lowest BCUT2D eigenvalue weighted by atomic mass is 9.96. The van der Waals surface area contributed by atoms with Crippen molar-refractivity contribution in [2.24, 2.45) is 10.9 Å². The van der Waals surface area contributed by atoms with Crippen molar-refractivity contribution < 1.29 is 9.53 Å². The lowest BCUT2D eigenvalue weighted by molar-refractivity contribution is 0.111. The summed E-state index contributed by atoms with van der Waals surface area (Å²) >= 11 is 0. The van der Waals surface area contributed by atoms with Gasteiger partial charge in [0.2, 0.25) is 0 Å². The van der Waals surface area contributed by atoms with E-state index in [1.54, 1.807) is 4.90 Å². The van der Waals surface area contributed by atoms with Crippen molar-refractivity contribution in [2.75, 3.05) is 46.4 Å². The maximum Gasteiger partial charge on any atom is 0.409 e. The van der Waals surface area contributed by atoms with Gasteiger partial charge in [-0.1, -0.05) is 29.8 Å². The van der Waals surface area contributed by atoms with Crippen LogP contribution >= 0.6 is 24.0 Å². The molecular weight excluding hydrogens is 517 g/mol. The van der Waals surface area contributed by atoms with Crippen LogP contribution in [0.1, 0.15) is 43.7 Å². The lowest BCUT2D eigenvalue weighted by Gasteiger charge is -2.33. The van der Waals surface area contributed by atoms with E-state index in [2.05, 4.69) is 53.6 Å². The van der Waals surface area contributed by atoms with Crippen molar-refractivity contribution in [3.8, 4) is 0 Å². The SMILES string of the molecule is CCNC(=NCC1CCN(Cc2ccc(C)cc2)CC1)NC1CCN(C(=O)OC)CC1.I. The van der Waals surface area contributed by atoms with Crippen LogP contribution in [0.4, 0.5) is 4.79 Å². The molecule has 0 bridgehead atoms. The van der Waals surface area contributed by atoms with E-state index in [0.717, 1.165) is 64.6 Å². The molecule has 2 saturated heterocycles. The zero-order valence-corrected chi connectivity index (χ0v) is 22.1. The summed E-state index contributed by atoms with van der Waals surface area (Å²) in [5.74, 6) is 1.55. The van der Waals surface area contributed by atoms with Crippen molar-refractivity contribution in [1.29, 1.82) is 0 Å². The topological polar surface area (TPSA) is 69.2 Å². The van der Waals surface area contributed by atoms with E-state index in [-0.39, 0.29) is 30.1 Å². The number of hydrogen-bond donors (Lipinski definition) is 2. The van der Waals surface area contributed by atoms with Crippen LogP contribution in [0.5, 0.6) is 0 Å². The van der Waals surface area contributed by atoms with Gasteiger partial charge in [-0.25, -0.2) is 4.79 Å². The smallest absolute Gasteiger partial charge is 0.409 e. The van der Waals surface area contributed by atoms with Crippen molar-refractivity contribution in [3.63, 3.8) is 0 Å². The molecule has 3 rings (SSSR count). The van der Waals surface area contributed by atoms with Crippen molar-refractivity contribution >= 4 is 36.0 Å². The number of carbonyl (C=O) groups excluding carboxylic acids is 1. The third-order valence-corrected chi connectivity index (χ3v) is 6.35. The molecule has 2 heterocycles. The Bertz CT molecular complexity index is 712. The molecule has 7 nitrogen and oxygen atoms in total. The third kappa shape index (κ3) is 8.42. The number of guanidine groups is 1. The van der Waals surface area contributed by atoms with Gasteiger partial charge in [0.25, 0.3) is 0 Å². The maximum atomic E-state index is 11.7. The molecule has 0 unspecified atom stereocenters. The number of piperidine rings is 2. The molecule has 0 aromatic heterocycles. The summed E-state index contributed by atoms with van der Waals surface area (Å²) < 4.78 is 4.82. The fourth-order valence-corrected chi connectivity index (χ4v) is 4.35. The van der Waals surface area contributed by atoms with Gasteiger partial charge in [-0.3, -0.25) is 9.89 Å². The molecular formula is C24H40IN5O2. The van der Waals surface area contributed by atoms with Gasteiger partial charge in [0.05, 0.1) is 7.11 Å². The highest BCUT2D eigenvalue weighted by Crippen LogP contribution is 2.20. The molecule has 1 amide bonds. The quantitative estimate of drug-likeness (QED) is 0.318. The molecule has 32 heavy (non-hydrogen) atoms. The summed E-state index contributed by atoms with van der Waals surface area (Å²) in [5, 5.41) is 6.95. The number of hydrogen-bond acceptors (Lipinski definition) is 4. The number of halogens is 1. The average molecular weight is 558 g/mol. The van der Waals surface area contributed by atoms with E-state index in [1.165, 1.54) is 31.1 Å². The largest absolute Gasteiger partial charge is 0.453 e. The Labute approximate surface area is 210 Å². The summed E-state index contributed by atoms with van der Waals surface area (Å²) in [4.78, 5) is 20.9. The Hall–Kier alpha value is -1.55. The number of carbonyl (C=O) groups is 1. The predicted octanol–water partition coefficient (Wildman–Crippen LogP) is 3.61. The first-order chi connectivity index (χ1) is 15.1. The van der Waals surface area contributed by atoms with E-state index < -0.39 is 0 Å². The first-order valence-electron chi connectivity index (χ1n) is 11.7. The van der Waals surface area contributed by atoms with Crippen molar-refractivity contribution in [3.05, 3.63) is 35.4 Å². The van der Waals surface area contributed by atoms with Gasteiger partial charge >= 0.3 is 6.09 Å². The predicted molar refractivity (Wildman–Crippen MR) is 141 cm³/mol. The normalized spacial score (nSPS) is 18.7. The molecule has 2 aliphatic heterocycles. The molecule has 2 aliphatic rings. The standard InChI is InChI=1S/C24H39N5O2.HI/c1-4-25-23(27-22-11-15-29(16-12-22)24(30)31-3)26-17-20-9-13-28(14-10-20)18-21-7-5-19(2)6-8-21;/h5-8,20,22H,4,9-18H2,1-3H3,(H2,25,26,27);1H. The van der Waals surface area contributed by atoms with Crippen LogP contribution in [0.15, 0.2) is 29.3 Å². The van der Waals surface area contributed by atoms with E-state index >= 15 is 0 Å². The van der Waals surface area contributed by atoms with Gasteiger partial charge in [0.15, 0.2) is 5.96 Å². The summed E-state index contributed by atoms with van der Waals surface area (Å²) in [6.07, 6.45) is 4.00. The van der Waals surface area contributed by atoms with Gasteiger partial charge in [-0.2, -0.15) is 0 Å². The Kier molecular flexibility index (Phi) is 11.6. The molecule has 1 aromatic carbocycles. The summed E-state index contributed by atoms with van der Waals surface area (Å²) in [6.45, 7) is 10.7. The number of rotatable bonds is 6. The van der Waals surface area contributed by atoms with Gasteiger partial charge in [-0.05, 0) is 64.1 Å². The second kappa shape index (κ2) is 13.9. The van der Waals surface area contributed by atoms with E-state index in [1.807, 2.05) is 0 Å². The van der Waals surface area contributed by atoms with Crippen LogP contribution in [0.25, 0.3) is 0 Å². The number of nitrogens with one attached hydrogen (secondary N) is 2. The second-order valence-corrected chi connectivity index (χ2v) is 8.80. The number of methoxy groups -OCH3 is 1. The molecule has 180 valence electrons. The first kappa shape index (κ1) is 26.7. The number of ether oxygens (including phenoxy) is 1. The second-order valence-electron chi connectivity index (χ2n) is 8.80. The van der Waals surface area contributed by atoms with Crippen LogP contribution in [0.2, 0.25) is 0 Å². The minimum atomic E-state index is -0.229. The van der Waals surface area contributed by atoms with Gasteiger partial charge < -0.3 is 20.3 Å². The monoisotopic (exact) mass is 557 g/mol. The Balaban J connectivity index is 0.00000363. The highest BCUT2D eigenvalue weighted by Gasteiger charge is 2.24. The molecule has 0 atom stereocenters. The van der Waals surface area contributed by atoms with E-state index in [4.69, 9.17) is 9.73 Å². The Morgan fingerprint density at radius 2 is 1.75 bits per heavy atom. The average Bonchev–Trinajstić information content (AvgIpc) is 2.80. The Morgan fingerprint density at radius 3 is 2.34 bits per heavy atom. The fraction of sp³-hybridized carbons (Fsp3) is 0.667. The summed E-state index contributed by atoms with van der Waals surface area (Å²) in [6, 6.07) is 9.23. The number of benzene rings is 1. The number of aliphatic imine (C=N–C) groups is 1. The third-order valence-electron chi connectivity index (χ3n) is 6.35. The van der Waals surface area contributed by atoms with E-state index in [9.17, 15) is 4.79 Å². The molecule has 2 fully saturated rings. The number of likely N-dealkylation sites (tertiary alicyclic amines) is 2. The maximum absolute atomic E-state index is 11.7. The Morgan fingerprint density at radius 1 is 1.09 bits per heavy atom. The van der Waals surface area contributed by atoms with Crippen LogP contribution < -0.4 is 10.6 Å². The first-order valence-corrected chi connectivity index (χ1v) is 11.7. The van der Waals surface area contributed by atoms with Crippen molar-refractivity contribution in [2.45, 2.75) is 52.1 Å². The van der Waals surface area contributed by atoms with Crippen LogP contribution in [-0.2, 0) is 11.3 Å². The number of nitrogens with zero attached hydrogens (tertiary/aromatic N) is 3. The molecule has 0 radical (unpaired) electrons. The molecule has 1 aromatic rings. The fourth-order valence-electron chi connectivity index (χ4n) is 4.35. The van der Waals surface area contributed by atoms with E-state index in [0.29, 0.717) is 12.0 Å².